The van der Waals surface area contributed by atoms with Gasteiger partial charge in [0.25, 0.3) is 11.8 Å². The smallest absolute Gasteiger partial charge is 0.279 e. The summed E-state index contributed by atoms with van der Waals surface area (Å²) in [4.78, 5) is 30.5. The highest BCUT2D eigenvalue weighted by atomic mass is 32.1. The van der Waals surface area contributed by atoms with Gasteiger partial charge < -0.3 is 20.0 Å². The fraction of sp³-hybridized carbons (Fsp3) is 0.429. The normalized spacial score (nSPS) is 15.9. The molecule has 1 aliphatic rings. The maximum absolute atomic E-state index is 12.9. The van der Waals surface area contributed by atoms with Crippen LogP contribution in [-0.2, 0) is 16.1 Å². The zero-order valence-electron chi connectivity index (χ0n) is 16.7. The van der Waals surface area contributed by atoms with Crippen LogP contribution in [0.4, 0.5) is 10.1 Å². The van der Waals surface area contributed by atoms with Crippen molar-refractivity contribution in [1.82, 2.24) is 4.90 Å². The third kappa shape index (κ3) is 6.62. The van der Waals surface area contributed by atoms with E-state index in [1.54, 1.807) is 23.5 Å². The molecule has 1 aromatic heterocycles. The topological polar surface area (TPSA) is 58.3 Å². The molecule has 156 valence electrons. The van der Waals surface area contributed by atoms with Crippen molar-refractivity contribution in [2.45, 2.75) is 13.5 Å². The van der Waals surface area contributed by atoms with Gasteiger partial charge in [0.2, 0.25) is 0 Å². The quantitative estimate of drug-likeness (QED) is 0.547. The summed E-state index contributed by atoms with van der Waals surface area (Å²) in [5.74, 6) is -0.231. The summed E-state index contributed by atoms with van der Waals surface area (Å²) < 4.78 is 12.9. The Labute approximate surface area is 174 Å². The number of carbonyl (C=O) groups excluding carboxylic acids is 2. The molecule has 0 aliphatic carbocycles. The third-order valence-electron chi connectivity index (χ3n) is 5.27. The van der Waals surface area contributed by atoms with Gasteiger partial charge in [-0.3, -0.25) is 9.59 Å². The molecule has 8 heteroatoms. The maximum Gasteiger partial charge on any atom is 0.279 e. The highest BCUT2D eigenvalue weighted by Gasteiger charge is 2.27. The number of quaternary nitrogens is 2. The molecule has 1 saturated heterocycles. The van der Waals surface area contributed by atoms with Gasteiger partial charge in [-0.25, -0.2) is 4.39 Å². The van der Waals surface area contributed by atoms with Crippen LogP contribution in [0.15, 0.2) is 41.8 Å². The zero-order valence-corrected chi connectivity index (χ0v) is 17.6. The molecule has 1 atom stereocenters. The summed E-state index contributed by atoms with van der Waals surface area (Å²) in [5, 5.41) is 4.86. The van der Waals surface area contributed by atoms with E-state index in [9.17, 15) is 14.0 Å². The second-order valence-electron chi connectivity index (χ2n) is 7.40. The van der Waals surface area contributed by atoms with Crippen LogP contribution in [0.25, 0.3) is 0 Å². The van der Waals surface area contributed by atoms with Crippen LogP contribution in [-0.4, -0.2) is 62.5 Å². The first-order valence-corrected chi connectivity index (χ1v) is 10.9. The van der Waals surface area contributed by atoms with E-state index in [0.29, 0.717) is 31.9 Å². The van der Waals surface area contributed by atoms with Gasteiger partial charge in [-0.05, 0) is 42.6 Å². The van der Waals surface area contributed by atoms with Gasteiger partial charge in [0, 0.05) is 5.69 Å². The molecule has 3 rings (SSSR count). The van der Waals surface area contributed by atoms with Crippen LogP contribution in [0.2, 0.25) is 0 Å². The summed E-state index contributed by atoms with van der Waals surface area (Å²) in [6.45, 7) is 7.63. The van der Waals surface area contributed by atoms with E-state index in [-0.39, 0.29) is 17.6 Å². The Morgan fingerprint density at radius 2 is 1.93 bits per heavy atom. The Hall–Kier alpha value is -2.29. The molecule has 1 fully saturated rings. The lowest BCUT2D eigenvalue weighted by Crippen LogP contribution is -3.16. The van der Waals surface area contributed by atoms with Gasteiger partial charge in [0.05, 0.1) is 37.6 Å². The minimum atomic E-state index is -0.326. The van der Waals surface area contributed by atoms with Gasteiger partial charge in [-0.15, -0.1) is 11.3 Å². The zero-order chi connectivity index (χ0) is 20.6. The molecule has 0 spiro atoms. The van der Waals surface area contributed by atoms with Crippen molar-refractivity contribution in [3.05, 3.63) is 52.5 Å². The van der Waals surface area contributed by atoms with E-state index >= 15 is 0 Å². The molecule has 3 N–H and O–H groups in total. The van der Waals surface area contributed by atoms with E-state index in [4.69, 9.17) is 0 Å². The second kappa shape index (κ2) is 10.5. The molecule has 2 amide bonds. The molecular weight excluding hydrogens is 391 g/mol. The number of piperazine rings is 1. The fourth-order valence-electron chi connectivity index (χ4n) is 3.51. The number of amides is 2. The van der Waals surface area contributed by atoms with Crippen molar-refractivity contribution in [2.75, 3.05) is 51.1 Å². The lowest BCUT2D eigenvalue weighted by molar-refractivity contribution is -0.905. The molecular formula is C21H29FN4O2S+2. The molecule has 0 saturated carbocycles. The van der Waals surface area contributed by atoms with Crippen LogP contribution >= 0.6 is 11.3 Å². The third-order valence-corrected chi connectivity index (χ3v) is 6.14. The highest BCUT2D eigenvalue weighted by Crippen LogP contribution is 2.07. The summed E-state index contributed by atoms with van der Waals surface area (Å²) in [6, 6.07) is 9.92. The number of nitrogens with zero attached hydrogens (tertiary/aromatic N) is 1. The van der Waals surface area contributed by atoms with Crippen LogP contribution in [0.1, 0.15) is 11.8 Å². The van der Waals surface area contributed by atoms with E-state index in [2.05, 4.69) is 23.7 Å². The number of nitrogens with one attached hydrogen (secondary N) is 3. The summed E-state index contributed by atoms with van der Waals surface area (Å²) in [7, 11) is 0. The Morgan fingerprint density at radius 1 is 1.21 bits per heavy atom. The van der Waals surface area contributed by atoms with Gasteiger partial charge >= 0.3 is 0 Å². The molecule has 1 aromatic carbocycles. The molecule has 29 heavy (non-hydrogen) atoms. The van der Waals surface area contributed by atoms with Crippen molar-refractivity contribution < 1.29 is 23.8 Å². The van der Waals surface area contributed by atoms with Gasteiger partial charge in [-0.2, -0.15) is 0 Å². The lowest BCUT2D eigenvalue weighted by atomic mass is 10.2. The van der Waals surface area contributed by atoms with Crippen molar-refractivity contribution in [2.24, 2.45) is 0 Å². The maximum atomic E-state index is 12.9. The Balaban J connectivity index is 1.40. The molecule has 6 nitrogen and oxygen atoms in total. The molecule has 1 aliphatic heterocycles. The minimum absolute atomic E-state index is 0.0936. The van der Waals surface area contributed by atoms with E-state index in [1.165, 1.54) is 21.9 Å². The van der Waals surface area contributed by atoms with Gasteiger partial charge in [0.15, 0.2) is 13.1 Å². The number of halogens is 1. The van der Waals surface area contributed by atoms with Crippen molar-refractivity contribution in [3.63, 3.8) is 0 Å². The number of anilines is 1. The summed E-state index contributed by atoms with van der Waals surface area (Å²) in [6.07, 6.45) is 0. The second-order valence-corrected chi connectivity index (χ2v) is 8.43. The Kier molecular flexibility index (Phi) is 7.74. The number of thiophene rings is 1. The van der Waals surface area contributed by atoms with E-state index < -0.39 is 0 Å². The van der Waals surface area contributed by atoms with Gasteiger partial charge in [0.1, 0.15) is 12.4 Å². The number of hydrogen-bond donors (Lipinski definition) is 3. The Morgan fingerprint density at radius 3 is 2.55 bits per heavy atom. The highest BCUT2D eigenvalue weighted by molar-refractivity contribution is 7.09. The van der Waals surface area contributed by atoms with Crippen molar-refractivity contribution in [1.29, 1.82) is 0 Å². The molecule has 0 radical (unpaired) electrons. The SMILES string of the molecule is CC[NH+](CC(=O)N1CC[NH+](CC(=O)Nc2ccc(F)cc2)CC1)Cc1cccs1. The predicted molar refractivity (Wildman–Crippen MR) is 112 cm³/mol. The number of likely N-dealkylation sites (N-methyl/N-ethyl adjacent to an activating group) is 1. The number of rotatable bonds is 8. The predicted octanol–water partition coefficient (Wildman–Crippen LogP) is -0.342. The average molecular weight is 421 g/mol. The first-order valence-electron chi connectivity index (χ1n) is 10.1. The first kappa shape index (κ1) is 21.4. The van der Waals surface area contributed by atoms with E-state index in [1.807, 2.05) is 11.0 Å². The standard InChI is InChI=1S/C21H27FN4O2S/c1-2-24(14-19-4-3-13-29-19)16-21(28)26-11-9-25(10-12-26)15-20(27)23-18-7-5-17(22)6-8-18/h3-8,13H,2,9-12,14-16H2,1H3,(H,23,27)/p+2. The van der Waals surface area contributed by atoms with Crippen LogP contribution in [0.5, 0.6) is 0 Å². The van der Waals surface area contributed by atoms with Crippen LogP contribution in [0.3, 0.4) is 0 Å². The number of carbonyl (C=O) groups is 2. The van der Waals surface area contributed by atoms with Crippen molar-refractivity contribution >= 4 is 28.8 Å². The minimum Gasteiger partial charge on any atom is -0.327 e. The number of benzene rings is 1. The summed E-state index contributed by atoms with van der Waals surface area (Å²) >= 11 is 1.73. The van der Waals surface area contributed by atoms with Gasteiger partial charge in [-0.1, -0.05) is 6.07 Å². The first-order chi connectivity index (χ1) is 14.0. The van der Waals surface area contributed by atoms with Crippen LogP contribution < -0.4 is 15.1 Å². The Bertz CT molecular complexity index is 790. The van der Waals surface area contributed by atoms with E-state index in [0.717, 1.165) is 31.1 Å². The molecule has 2 heterocycles. The molecule has 0 bridgehead atoms. The van der Waals surface area contributed by atoms with Crippen molar-refractivity contribution in [3.8, 4) is 0 Å². The fourth-order valence-corrected chi connectivity index (χ4v) is 4.29. The lowest BCUT2D eigenvalue weighted by Gasteiger charge is -2.32. The largest absolute Gasteiger partial charge is 0.327 e. The molecule has 2 aromatic rings. The average Bonchev–Trinajstić information content (AvgIpc) is 3.22. The molecule has 1 unspecified atom stereocenters. The summed E-state index contributed by atoms with van der Waals surface area (Å²) in [5.41, 5.74) is 0.595. The number of hydrogen-bond acceptors (Lipinski definition) is 3. The monoisotopic (exact) mass is 420 g/mol. The van der Waals surface area contributed by atoms with Crippen LogP contribution in [0, 0.1) is 5.82 Å².